The van der Waals surface area contributed by atoms with Crippen LogP contribution in [0.1, 0.15) is 18.9 Å². The Balaban J connectivity index is 0.00000312. The Morgan fingerprint density at radius 3 is 2.19 bits per heavy atom. The SMILES string of the molecule is CCN(CCCNC(=O)C(N)Cc1ccccc1)c1ccccc1.Cl.Cl. The maximum absolute atomic E-state index is 12.1. The third kappa shape index (κ3) is 8.09. The second-order valence-corrected chi connectivity index (χ2v) is 5.86. The number of hydrogen-bond donors (Lipinski definition) is 2. The van der Waals surface area contributed by atoms with Crippen LogP contribution in [-0.4, -0.2) is 31.6 Å². The van der Waals surface area contributed by atoms with Crippen LogP contribution in [0, 0.1) is 0 Å². The molecule has 0 saturated carbocycles. The fourth-order valence-electron chi connectivity index (χ4n) is 2.68. The topological polar surface area (TPSA) is 58.4 Å². The molecule has 4 nitrogen and oxygen atoms in total. The number of amides is 1. The monoisotopic (exact) mass is 397 g/mol. The van der Waals surface area contributed by atoms with Crippen molar-refractivity contribution in [1.82, 2.24) is 5.32 Å². The highest BCUT2D eigenvalue weighted by molar-refractivity contribution is 5.85. The van der Waals surface area contributed by atoms with Gasteiger partial charge in [-0.1, -0.05) is 48.5 Å². The van der Waals surface area contributed by atoms with Gasteiger partial charge in [0.05, 0.1) is 6.04 Å². The number of benzene rings is 2. The number of rotatable bonds is 9. The van der Waals surface area contributed by atoms with E-state index in [1.165, 1.54) is 5.69 Å². The summed E-state index contributed by atoms with van der Waals surface area (Å²) in [6, 6.07) is 19.7. The standard InChI is InChI=1S/C20H27N3O.2ClH/c1-2-23(18-12-7-4-8-13-18)15-9-14-22-20(24)19(21)16-17-10-5-3-6-11-17;;/h3-8,10-13,19H,2,9,14-16,21H2,1H3,(H,22,24);2*1H. The lowest BCUT2D eigenvalue weighted by Gasteiger charge is -2.23. The molecule has 2 aromatic carbocycles. The molecule has 0 saturated heterocycles. The molecule has 0 heterocycles. The molecule has 0 spiro atoms. The van der Waals surface area contributed by atoms with Crippen molar-refractivity contribution < 1.29 is 4.79 Å². The predicted molar refractivity (Wildman–Crippen MR) is 115 cm³/mol. The Bertz CT molecular complexity index is 611. The van der Waals surface area contributed by atoms with E-state index >= 15 is 0 Å². The van der Waals surface area contributed by atoms with Crippen LogP contribution in [0.5, 0.6) is 0 Å². The number of carbonyl (C=O) groups is 1. The summed E-state index contributed by atoms with van der Waals surface area (Å²) in [5.41, 5.74) is 8.29. The zero-order valence-corrected chi connectivity index (χ0v) is 16.8. The lowest BCUT2D eigenvalue weighted by atomic mass is 10.1. The molecule has 2 rings (SSSR count). The van der Waals surface area contributed by atoms with Crippen LogP contribution in [0.4, 0.5) is 5.69 Å². The van der Waals surface area contributed by atoms with Gasteiger partial charge < -0.3 is 16.0 Å². The van der Waals surface area contributed by atoms with E-state index in [1.807, 2.05) is 48.5 Å². The minimum absolute atomic E-state index is 0. The maximum Gasteiger partial charge on any atom is 0.237 e. The van der Waals surface area contributed by atoms with Gasteiger partial charge in [0.25, 0.3) is 0 Å². The highest BCUT2D eigenvalue weighted by Gasteiger charge is 2.13. The molecule has 2 aromatic rings. The number of nitrogens with one attached hydrogen (secondary N) is 1. The van der Waals surface area contributed by atoms with Crippen molar-refractivity contribution in [2.24, 2.45) is 5.73 Å². The lowest BCUT2D eigenvalue weighted by molar-refractivity contribution is -0.122. The van der Waals surface area contributed by atoms with Gasteiger partial charge in [-0.15, -0.1) is 24.8 Å². The molecule has 26 heavy (non-hydrogen) atoms. The molecular formula is C20H29Cl2N3O. The highest BCUT2D eigenvalue weighted by Crippen LogP contribution is 2.12. The fourth-order valence-corrected chi connectivity index (χ4v) is 2.68. The second kappa shape index (κ2) is 13.5. The molecule has 1 unspecified atom stereocenters. The molecule has 1 atom stereocenters. The first-order chi connectivity index (χ1) is 11.7. The summed E-state index contributed by atoms with van der Waals surface area (Å²) in [6.07, 6.45) is 1.46. The molecule has 6 heteroatoms. The Morgan fingerprint density at radius 2 is 1.62 bits per heavy atom. The van der Waals surface area contributed by atoms with E-state index < -0.39 is 6.04 Å². The zero-order chi connectivity index (χ0) is 17.2. The summed E-state index contributed by atoms with van der Waals surface area (Å²) in [7, 11) is 0. The van der Waals surface area contributed by atoms with Crippen LogP contribution in [0.2, 0.25) is 0 Å². The van der Waals surface area contributed by atoms with E-state index in [0.717, 1.165) is 25.1 Å². The zero-order valence-electron chi connectivity index (χ0n) is 15.1. The van der Waals surface area contributed by atoms with Gasteiger partial charge in [0, 0.05) is 25.3 Å². The average Bonchev–Trinajstić information content (AvgIpc) is 2.63. The molecule has 0 bridgehead atoms. The minimum Gasteiger partial charge on any atom is -0.372 e. The van der Waals surface area contributed by atoms with E-state index in [1.54, 1.807) is 0 Å². The van der Waals surface area contributed by atoms with Gasteiger partial charge in [-0.05, 0) is 37.5 Å². The van der Waals surface area contributed by atoms with E-state index in [2.05, 4.69) is 29.3 Å². The van der Waals surface area contributed by atoms with Crippen LogP contribution >= 0.6 is 24.8 Å². The third-order valence-electron chi connectivity index (χ3n) is 4.04. The molecule has 0 aromatic heterocycles. The van der Waals surface area contributed by atoms with Crippen molar-refractivity contribution in [3.8, 4) is 0 Å². The van der Waals surface area contributed by atoms with Crippen molar-refractivity contribution in [3.63, 3.8) is 0 Å². The summed E-state index contributed by atoms with van der Waals surface area (Å²) in [5, 5.41) is 2.94. The first kappa shape index (κ1) is 24.2. The molecule has 0 aliphatic rings. The normalized spacial score (nSPS) is 10.8. The highest BCUT2D eigenvalue weighted by atomic mass is 35.5. The number of hydrogen-bond acceptors (Lipinski definition) is 3. The molecule has 3 N–H and O–H groups in total. The Hall–Kier alpha value is -1.75. The van der Waals surface area contributed by atoms with Crippen molar-refractivity contribution >= 4 is 36.4 Å². The number of nitrogens with zero attached hydrogens (tertiary/aromatic N) is 1. The van der Waals surface area contributed by atoms with Gasteiger partial charge in [-0.3, -0.25) is 4.79 Å². The first-order valence-electron chi connectivity index (χ1n) is 8.58. The Kier molecular flexibility index (Phi) is 12.5. The molecule has 144 valence electrons. The molecule has 0 aliphatic carbocycles. The summed E-state index contributed by atoms with van der Waals surface area (Å²) in [6.45, 7) is 4.65. The summed E-state index contributed by atoms with van der Waals surface area (Å²) >= 11 is 0. The van der Waals surface area contributed by atoms with Gasteiger partial charge in [-0.2, -0.15) is 0 Å². The number of halogens is 2. The van der Waals surface area contributed by atoms with Crippen LogP contribution in [0.3, 0.4) is 0 Å². The van der Waals surface area contributed by atoms with Crippen molar-refractivity contribution in [3.05, 3.63) is 66.2 Å². The lowest BCUT2D eigenvalue weighted by Crippen LogP contribution is -2.42. The molecule has 0 fully saturated rings. The number of para-hydroxylation sites is 1. The van der Waals surface area contributed by atoms with E-state index in [-0.39, 0.29) is 30.7 Å². The van der Waals surface area contributed by atoms with Crippen molar-refractivity contribution in [2.75, 3.05) is 24.5 Å². The molecular weight excluding hydrogens is 369 g/mol. The Morgan fingerprint density at radius 1 is 1.04 bits per heavy atom. The summed E-state index contributed by atoms with van der Waals surface area (Å²) < 4.78 is 0. The minimum atomic E-state index is -0.496. The van der Waals surface area contributed by atoms with Gasteiger partial charge in [0.15, 0.2) is 0 Å². The van der Waals surface area contributed by atoms with Crippen molar-refractivity contribution in [2.45, 2.75) is 25.8 Å². The van der Waals surface area contributed by atoms with Crippen LogP contribution in [0.15, 0.2) is 60.7 Å². The van der Waals surface area contributed by atoms with Crippen LogP contribution in [0.25, 0.3) is 0 Å². The van der Waals surface area contributed by atoms with E-state index in [0.29, 0.717) is 13.0 Å². The molecule has 0 radical (unpaired) electrons. The van der Waals surface area contributed by atoms with Gasteiger partial charge in [0.1, 0.15) is 0 Å². The third-order valence-corrected chi connectivity index (χ3v) is 4.04. The number of carbonyl (C=O) groups excluding carboxylic acids is 1. The quantitative estimate of drug-likeness (QED) is 0.637. The van der Waals surface area contributed by atoms with E-state index in [4.69, 9.17) is 5.73 Å². The molecule has 1 amide bonds. The predicted octanol–water partition coefficient (Wildman–Crippen LogP) is 3.43. The van der Waals surface area contributed by atoms with Crippen LogP contribution < -0.4 is 16.0 Å². The second-order valence-electron chi connectivity index (χ2n) is 5.86. The van der Waals surface area contributed by atoms with Gasteiger partial charge in [0.2, 0.25) is 5.91 Å². The molecule has 0 aliphatic heterocycles. The van der Waals surface area contributed by atoms with Crippen molar-refractivity contribution in [1.29, 1.82) is 0 Å². The maximum atomic E-state index is 12.1. The number of anilines is 1. The Labute approximate surface area is 169 Å². The average molecular weight is 398 g/mol. The van der Waals surface area contributed by atoms with E-state index in [9.17, 15) is 4.79 Å². The number of nitrogens with two attached hydrogens (primary N) is 1. The first-order valence-corrected chi connectivity index (χ1v) is 8.58. The largest absolute Gasteiger partial charge is 0.372 e. The van der Waals surface area contributed by atoms with Gasteiger partial charge in [-0.25, -0.2) is 0 Å². The summed E-state index contributed by atoms with van der Waals surface area (Å²) in [5.74, 6) is -0.0818. The van der Waals surface area contributed by atoms with Crippen LogP contribution in [-0.2, 0) is 11.2 Å². The smallest absolute Gasteiger partial charge is 0.237 e. The van der Waals surface area contributed by atoms with Gasteiger partial charge >= 0.3 is 0 Å². The summed E-state index contributed by atoms with van der Waals surface area (Å²) in [4.78, 5) is 14.4. The fraction of sp³-hybridized carbons (Fsp3) is 0.350.